The van der Waals surface area contributed by atoms with Crippen LogP contribution < -0.4 is 44.5 Å². The number of Topliss-reactive ketones (excluding diaryl/α,β-unsaturated/α-hetero) is 1. The molecule has 5 aromatic heterocycles. The van der Waals surface area contributed by atoms with Gasteiger partial charge < -0.3 is 69.0 Å². The number of ketones is 1. The predicted octanol–water partition coefficient (Wildman–Crippen LogP) is 8.95. The Balaban J connectivity index is 0.000000203. The van der Waals surface area contributed by atoms with Crippen LogP contribution in [0.3, 0.4) is 0 Å². The van der Waals surface area contributed by atoms with Gasteiger partial charge in [0.1, 0.15) is 88.9 Å². The lowest BCUT2D eigenvalue weighted by Crippen LogP contribution is -2.69. The zero-order valence-corrected chi connectivity index (χ0v) is 88.6. The van der Waals surface area contributed by atoms with Crippen molar-refractivity contribution >= 4 is 140 Å². The molecule has 142 heavy (non-hydrogen) atoms. The van der Waals surface area contributed by atoms with E-state index < -0.39 is 125 Å². The second-order valence-corrected chi connectivity index (χ2v) is 49.7. The van der Waals surface area contributed by atoms with Gasteiger partial charge >= 0.3 is 56.9 Å². The van der Waals surface area contributed by atoms with E-state index in [2.05, 4.69) is 40.1 Å². The Morgan fingerprint density at radius 3 is 1.28 bits per heavy atom. The van der Waals surface area contributed by atoms with Crippen LogP contribution >= 0.6 is 34.8 Å². The number of amides is 4. The van der Waals surface area contributed by atoms with E-state index in [0.717, 1.165) is 116 Å². The Morgan fingerprint density at radius 2 is 0.923 bits per heavy atom. The van der Waals surface area contributed by atoms with Gasteiger partial charge in [0, 0.05) is 188 Å². The van der Waals surface area contributed by atoms with Gasteiger partial charge in [-0.1, -0.05) is 63.9 Å². The normalized spacial score (nSPS) is 19.7. The van der Waals surface area contributed by atoms with Crippen molar-refractivity contribution in [3.05, 3.63) is 75.9 Å². The minimum Gasteiger partial charge on any atom is -0.594 e. The zero-order chi connectivity index (χ0) is 107. The van der Waals surface area contributed by atoms with Crippen molar-refractivity contribution in [3.63, 3.8) is 0 Å². The SMILES string of the molecule is CC(C)(C)OC(=O)N1CC2(CC(=O)C2)C1.CC(C)(C)OC(=O)N1CC2(CC(NCCF)C2)C1.CC(C)(C)OC(=O)NS(=O)(=O)N(CCF)C1CC2(C1)CN(C(=O)OC(C)(C)C)C2.CN(C)c1cc[n+](S(=O)(=O)N=C([O-])OC(C)(C)C)cc1.Cc1cc(Cl)n2ncnc(Cl)c12.Cc1cc(Cl)n2ncnc(N3CC4(CC(N(CCF)S(N)(=O)=O)C4)C3)c12.NS(=O)(=O)N(CCF)C1CC2(CNC2)C1.O=C(O)C(F)(F)F. The number of rotatable bonds is 20. The summed E-state index contributed by atoms with van der Waals surface area (Å²) in [4.78, 5) is 84.3. The quantitative estimate of drug-likeness (QED) is 0.0139. The molecule has 5 aromatic rings. The molecule has 8 N–H and O–H groups in total. The molecule has 10 heterocycles. The number of fused-ring (bicyclic) bond motifs is 2. The lowest BCUT2D eigenvalue weighted by Gasteiger charge is -2.60. The molecule has 5 aliphatic heterocycles. The molecule has 5 spiro atoms. The molecule has 4 amide bonds. The number of hydrogen-bond donors (Lipinski definition) is 6. The maximum absolute atomic E-state index is 13.0. The molecule has 0 unspecified atom stereocenters. The van der Waals surface area contributed by atoms with Crippen LogP contribution in [-0.2, 0) is 74.1 Å². The number of pyridine rings is 1. The number of carboxylic acid groups (broad SMARTS) is 1. The van der Waals surface area contributed by atoms with Gasteiger partial charge in [0.2, 0.25) is 0 Å². The average molecular weight is 2160 g/mol. The number of aliphatic carboxylic acids is 1. The summed E-state index contributed by atoms with van der Waals surface area (Å²) in [5.74, 6) is -1.61. The summed E-state index contributed by atoms with van der Waals surface area (Å²) in [7, 11) is -12.3. The molecule has 15 rings (SSSR count). The van der Waals surface area contributed by atoms with Crippen molar-refractivity contribution in [2.75, 3.05) is 142 Å². The number of likely N-dealkylation sites (tertiary alicyclic amines) is 3. The van der Waals surface area contributed by atoms with Crippen LogP contribution in [0.1, 0.15) is 179 Å². The Morgan fingerprint density at radius 1 is 0.556 bits per heavy atom. The standard InChI is InChI=1S/C18H32FN3O6S.C15H20ClFN6O2S.C13H23FN2O2.C12H19N3O4S.C11H17NO3.C8H16FN3O2S.C7H5Cl2N3.C2HF3O2/c1-16(2,3)27-14(23)20-29(25,26)22(8-7-19)13-9-18(10-13)11-21(12-18)15(24)28-17(4,5)6;1-10-4-12(16)23-13(10)14(19-9-20-23)21-7-15(8-21)5-11(6-15)22(3-2-17)26(18,24)25;1-12(2,3)18-11(17)16-8-13(9-16)6-10(7-13)15-5-4-14;1-12(2,3)19-11(16)13-20(17,18)15-8-6-10(7-9-15)14(4)5;1-10(2,3)15-9(14)12-6-11(7-12)4-8(13)5-11;9-1-2-12(15(10,13)14)7-3-8(4-7)5-11-6-8;1-4-2-5(8)12-6(4)7(9)10-3-11-12;3-2(4,5)1(6)7/h13H,7-12H2,1-6H3,(H,20,23);4,9,11H,2-3,5-8H2,1H3,(H2,18,24,25);10,15H,4-9H2,1-3H3;6-9H,1-5H3;4-7H2,1-3H3;7,11H,1-6H2,(H2,10,13,14);2-3H,1H3;(H,6,7). The van der Waals surface area contributed by atoms with Gasteiger partial charge in [0.05, 0.1) is 0 Å². The van der Waals surface area contributed by atoms with E-state index in [-0.39, 0.29) is 77.7 Å². The summed E-state index contributed by atoms with van der Waals surface area (Å²) in [5.41, 5.74) is 1.88. The molecular formula is C86H133Cl3F7N21O21S4. The molecule has 0 bridgehead atoms. The van der Waals surface area contributed by atoms with Crippen molar-refractivity contribution in [2.45, 2.75) is 240 Å². The first kappa shape index (κ1) is 119. The monoisotopic (exact) mass is 2160 g/mol. The minimum atomic E-state index is -5.08. The van der Waals surface area contributed by atoms with Gasteiger partial charge in [-0.2, -0.15) is 61.5 Å². The Hall–Kier alpha value is -8.62. The van der Waals surface area contributed by atoms with Gasteiger partial charge in [-0.25, -0.2) is 75.5 Å². The van der Waals surface area contributed by atoms with E-state index in [1.54, 1.807) is 104 Å². The molecule has 10 fully saturated rings. The van der Waals surface area contributed by atoms with E-state index in [0.29, 0.717) is 98.5 Å². The fourth-order valence-electron chi connectivity index (χ4n) is 18.0. The van der Waals surface area contributed by atoms with Crippen molar-refractivity contribution in [1.82, 2.24) is 72.2 Å². The van der Waals surface area contributed by atoms with Crippen LogP contribution in [0.5, 0.6) is 0 Å². The van der Waals surface area contributed by atoms with Crippen molar-refractivity contribution in [1.29, 1.82) is 0 Å². The summed E-state index contributed by atoms with van der Waals surface area (Å²) in [6.45, 7) is 34.7. The van der Waals surface area contributed by atoms with E-state index >= 15 is 0 Å². The highest BCUT2D eigenvalue weighted by Gasteiger charge is 2.60. The highest BCUT2D eigenvalue weighted by atomic mass is 35.5. The molecule has 10 aliphatic rings. The third-order valence-electron chi connectivity index (χ3n) is 23.9. The summed E-state index contributed by atoms with van der Waals surface area (Å²) >= 11 is 17.9. The van der Waals surface area contributed by atoms with Crippen LogP contribution in [0.15, 0.2) is 53.7 Å². The Bertz CT molecular complexity index is 5740. The first-order valence-electron chi connectivity index (χ1n) is 45.4. The first-order valence-corrected chi connectivity index (χ1v) is 52.4. The van der Waals surface area contributed by atoms with Gasteiger partial charge in [0.25, 0.3) is 20.4 Å². The van der Waals surface area contributed by atoms with E-state index in [9.17, 15) is 93.5 Å². The lowest BCUT2D eigenvalue weighted by molar-refractivity contribution is -0.511. The number of carbonyl (C=O) groups is 6. The lowest BCUT2D eigenvalue weighted by atomic mass is 9.60. The van der Waals surface area contributed by atoms with Crippen LogP contribution in [0.25, 0.3) is 11.0 Å². The summed E-state index contributed by atoms with van der Waals surface area (Å²) in [5, 5.41) is 44.8. The second-order valence-electron chi connectivity index (χ2n) is 42.5. The molecule has 0 atom stereocenters. The smallest absolute Gasteiger partial charge is 0.493 e. The van der Waals surface area contributed by atoms with Crippen molar-refractivity contribution in [2.24, 2.45) is 41.8 Å². The number of nitrogens with one attached hydrogen (secondary N) is 3. The molecule has 802 valence electrons. The fraction of sp³-hybridized carbons (Fsp3) is 0.721. The Labute approximate surface area is 838 Å². The number of alkyl halides is 7. The molecule has 0 aromatic carbocycles. The Kier molecular flexibility index (Phi) is 38.2. The maximum atomic E-state index is 13.0. The zero-order valence-electron chi connectivity index (χ0n) is 83.1. The van der Waals surface area contributed by atoms with Crippen LogP contribution in [0, 0.1) is 40.9 Å². The molecule has 42 nitrogen and oxygen atoms in total. The molecule has 5 saturated carbocycles. The largest absolute Gasteiger partial charge is 0.594 e. The number of anilines is 2. The minimum absolute atomic E-state index is 0.0378. The maximum Gasteiger partial charge on any atom is 0.493 e. The van der Waals surface area contributed by atoms with Crippen molar-refractivity contribution < 1.29 is 131 Å². The predicted molar refractivity (Wildman–Crippen MR) is 511 cm³/mol. The number of halogens is 10. The topological polar surface area (TPSA) is 519 Å². The summed E-state index contributed by atoms with van der Waals surface area (Å²) in [6.07, 6.45) is 4.63. The van der Waals surface area contributed by atoms with Gasteiger partial charge in [-0.05, 0) is 177 Å². The number of aryl methyl sites for hydroxylation is 2. The number of hydrogen-bond acceptors (Lipinski definition) is 28. The molecule has 5 saturated heterocycles. The van der Waals surface area contributed by atoms with E-state index in [1.807, 2.05) is 85.2 Å². The molecular weight excluding hydrogens is 2030 g/mol. The van der Waals surface area contributed by atoms with Gasteiger partial charge in [-0.15, -0.1) is 8.42 Å². The molecule has 0 radical (unpaired) electrons. The number of nitrogens with zero attached hydrogens (tertiary/aromatic N) is 16. The number of nitrogens with two attached hydrogens (primary N) is 2. The number of ether oxygens (including phenoxy) is 5. The fourth-order valence-corrected chi connectivity index (χ4v) is 22.6. The highest BCUT2D eigenvalue weighted by Crippen LogP contribution is 2.55. The second kappa shape index (κ2) is 45.8. The first-order chi connectivity index (χ1) is 65.0. The van der Waals surface area contributed by atoms with E-state index in [1.165, 1.54) is 25.0 Å². The van der Waals surface area contributed by atoms with E-state index in [4.69, 9.17) is 78.7 Å². The molecule has 56 heteroatoms. The number of carboxylic acids is 1. The highest BCUT2D eigenvalue weighted by molar-refractivity contribution is 7.88. The van der Waals surface area contributed by atoms with Crippen LogP contribution in [-0.4, -0.2) is 329 Å². The van der Waals surface area contributed by atoms with Crippen LogP contribution in [0.2, 0.25) is 15.5 Å². The summed E-state index contributed by atoms with van der Waals surface area (Å²) in [6, 6.07) is 6.52. The number of aromatic nitrogens is 7. The van der Waals surface area contributed by atoms with Gasteiger partial charge in [-0.3, -0.25) is 4.79 Å². The third kappa shape index (κ3) is 32.7. The number of carbonyl (C=O) groups excluding carboxylic acids is 5. The van der Waals surface area contributed by atoms with Crippen molar-refractivity contribution in [3.8, 4) is 0 Å². The molecule has 5 aliphatic carbocycles. The third-order valence-corrected chi connectivity index (χ3v) is 29.7. The average Bonchev–Trinajstić information content (AvgIpc) is 1.45. The summed E-state index contributed by atoms with van der Waals surface area (Å²) < 4.78 is 214. The van der Waals surface area contributed by atoms with Crippen LogP contribution in [0.4, 0.5) is 61.4 Å². The van der Waals surface area contributed by atoms with Gasteiger partial charge in [0.15, 0.2) is 29.4 Å².